The predicted molar refractivity (Wildman–Crippen MR) is 58.7 cm³/mol. The molecule has 1 aromatic rings. The Hall–Kier alpha value is -1.09. The highest BCUT2D eigenvalue weighted by atomic mass is 35.5. The first-order valence-corrected chi connectivity index (χ1v) is 5.18. The van der Waals surface area contributed by atoms with E-state index in [1.165, 1.54) is 23.1 Å². The molecule has 2 nitrogen and oxygen atoms in total. The molecule has 0 bridgehead atoms. The van der Waals surface area contributed by atoms with E-state index in [0.717, 1.165) is 0 Å². The number of amides is 1. The lowest BCUT2D eigenvalue weighted by atomic mass is 10.2. The van der Waals surface area contributed by atoms with Gasteiger partial charge in [-0.1, -0.05) is 6.07 Å². The third kappa shape index (κ3) is 2.93. The molecule has 0 aliphatic heterocycles. The van der Waals surface area contributed by atoms with Crippen LogP contribution < -0.4 is 0 Å². The maximum atomic E-state index is 12.9. The van der Waals surface area contributed by atoms with Crippen molar-refractivity contribution in [2.75, 3.05) is 12.9 Å². The predicted octanol–water partition coefficient (Wildman–Crippen LogP) is 2.53. The molecule has 0 aliphatic carbocycles. The van der Waals surface area contributed by atoms with Gasteiger partial charge in [0.25, 0.3) is 5.91 Å². The molecule has 0 saturated carbocycles. The first-order valence-electron chi connectivity index (χ1n) is 4.65. The second-order valence-corrected chi connectivity index (χ2v) is 3.74. The minimum absolute atomic E-state index is 0.0672. The van der Waals surface area contributed by atoms with Gasteiger partial charge < -0.3 is 4.90 Å². The summed E-state index contributed by atoms with van der Waals surface area (Å²) in [5.41, 5.74) is 0.342. The van der Waals surface area contributed by atoms with E-state index in [4.69, 9.17) is 11.6 Å². The van der Waals surface area contributed by atoms with Crippen molar-refractivity contribution in [3.8, 4) is 0 Å². The number of hydrogen-bond donors (Lipinski definition) is 0. The van der Waals surface area contributed by atoms with Gasteiger partial charge in [-0.05, 0) is 25.1 Å². The molecule has 0 heterocycles. The Bertz CT molecular complexity index is 356. The van der Waals surface area contributed by atoms with Crippen LogP contribution in [0.4, 0.5) is 4.39 Å². The van der Waals surface area contributed by atoms with Gasteiger partial charge in [-0.25, -0.2) is 4.39 Å². The van der Waals surface area contributed by atoms with Crippen LogP contribution in [-0.2, 0) is 0 Å². The van der Waals surface area contributed by atoms with E-state index < -0.39 is 5.82 Å². The first-order chi connectivity index (χ1) is 7.06. The fourth-order valence-corrected chi connectivity index (χ4v) is 1.34. The fourth-order valence-electron chi connectivity index (χ4n) is 1.13. The lowest BCUT2D eigenvalue weighted by molar-refractivity contribution is 0.0756. The van der Waals surface area contributed by atoms with Crippen LogP contribution >= 0.6 is 11.6 Å². The topological polar surface area (TPSA) is 20.3 Å². The van der Waals surface area contributed by atoms with Crippen LogP contribution in [0.5, 0.6) is 0 Å². The van der Waals surface area contributed by atoms with Crippen molar-refractivity contribution in [2.24, 2.45) is 0 Å². The van der Waals surface area contributed by atoms with Crippen molar-refractivity contribution >= 4 is 17.5 Å². The van der Waals surface area contributed by atoms with Crippen molar-refractivity contribution in [2.45, 2.75) is 13.0 Å². The Balaban J connectivity index is 2.85. The van der Waals surface area contributed by atoms with Crippen molar-refractivity contribution in [1.29, 1.82) is 0 Å². The summed E-state index contributed by atoms with van der Waals surface area (Å²) in [4.78, 5) is 13.3. The van der Waals surface area contributed by atoms with Crippen molar-refractivity contribution in [1.82, 2.24) is 4.90 Å². The normalized spacial score (nSPS) is 12.3. The Kier molecular flexibility index (Phi) is 4.09. The van der Waals surface area contributed by atoms with Crippen molar-refractivity contribution in [3.05, 3.63) is 35.6 Å². The van der Waals surface area contributed by atoms with Crippen molar-refractivity contribution in [3.63, 3.8) is 0 Å². The summed E-state index contributed by atoms with van der Waals surface area (Å²) in [6.45, 7) is 1.84. The van der Waals surface area contributed by atoms with Crippen LogP contribution in [0.3, 0.4) is 0 Å². The Morgan fingerprint density at radius 1 is 1.60 bits per heavy atom. The molecular weight excluding hydrogens is 217 g/mol. The molecule has 4 heteroatoms. The van der Waals surface area contributed by atoms with Crippen LogP contribution in [0.1, 0.15) is 17.3 Å². The number of benzene rings is 1. The summed E-state index contributed by atoms with van der Waals surface area (Å²) in [6, 6.07) is 5.56. The average Bonchev–Trinajstić information content (AvgIpc) is 2.26. The van der Waals surface area contributed by atoms with Gasteiger partial charge in [0, 0.05) is 24.5 Å². The fraction of sp³-hybridized carbons (Fsp3) is 0.364. The summed E-state index contributed by atoms with van der Waals surface area (Å²) in [7, 11) is 1.65. The number of alkyl halides is 1. The van der Waals surface area contributed by atoms with Gasteiger partial charge in [0.15, 0.2) is 0 Å². The van der Waals surface area contributed by atoms with E-state index in [2.05, 4.69) is 0 Å². The zero-order valence-corrected chi connectivity index (χ0v) is 9.46. The van der Waals surface area contributed by atoms with Crippen LogP contribution in [0, 0.1) is 5.82 Å². The van der Waals surface area contributed by atoms with E-state index in [9.17, 15) is 9.18 Å². The molecule has 0 aliphatic rings. The number of carbonyl (C=O) groups is 1. The lowest BCUT2D eigenvalue weighted by Crippen LogP contribution is -2.36. The Morgan fingerprint density at radius 3 is 2.80 bits per heavy atom. The smallest absolute Gasteiger partial charge is 0.253 e. The lowest BCUT2D eigenvalue weighted by Gasteiger charge is -2.23. The Morgan fingerprint density at radius 2 is 2.27 bits per heavy atom. The minimum atomic E-state index is -0.409. The van der Waals surface area contributed by atoms with E-state index >= 15 is 0 Å². The third-order valence-electron chi connectivity index (χ3n) is 2.28. The summed E-state index contributed by atoms with van der Waals surface area (Å²) >= 11 is 5.64. The van der Waals surface area contributed by atoms with Gasteiger partial charge in [-0.2, -0.15) is 0 Å². The molecule has 0 N–H and O–H groups in total. The standard InChI is InChI=1S/C11H13ClFNO/c1-8(7-12)14(2)11(15)9-4-3-5-10(13)6-9/h3-6,8H,7H2,1-2H3. The molecule has 82 valence electrons. The quantitative estimate of drug-likeness (QED) is 0.730. The molecule has 0 fully saturated rings. The molecule has 15 heavy (non-hydrogen) atoms. The summed E-state index contributed by atoms with van der Waals surface area (Å²) < 4.78 is 12.9. The van der Waals surface area contributed by atoms with Gasteiger partial charge in [0.2, 0.25) is 0 Å². The molecule has 1 unspecified atom stereocenters. The molecule has 1 amide bonds. The minimum Gasteiger partial charge on any atom is -0.338 e. The summed E-state index contributed by atoms with van der Waals surface area (Å²) in [5, 5.41) is 0. The highest BCUT2D eigenvalue weighted by Gasteiger charge is 2.16. The second-order valence-electron chi connectivity index (χ2n) is 3.43. The average molecular weight is 230 g/mol. The zero-order chi connectivity index (χ0) is 11.4. The first kappa shape index (κ1) is 12.0. The van der Waals surface area contributed by atoms with Crippen LogP contribution in [0.15, 0.2) is 24.3 Å². The van der Waals surface area contributed by atoms with E-state index in [0.29, 0.717) is 11.4 Å². The van der Waals surface area contributed by atoms with E-state index in [1.807, 2.05) is 6.92 Å². The highest BCUT2D eigenvalue weighted by Crippen LogP contribution is 2.09. The van der Waals surface area contributed by atoms with Gasteiger partial charge in [-0.3, -0.25) is 4.79 Å². The zero-order valence-electron chi connectivity index (χ0n) is 8.71. The number of halogens is 2. The number of rotatable bonds is 3. The maximum absolute atomic E-state index is 12.9. The maximum Gasteiger partial charge on any atom is 0.253 e. The Labute approximate surface area is 93.6 Å². The number of nitrogens with zero attached hydrogens (tertiary/aromatic N) is 1. The van der Waals surface area contributed by atoms with Crippen LogP contribution in [0.25, 0.3) is 0 Å². The molecule has 0 saturated heterocycles. The molecule has 1 rings (SSSR count). The largest absolute Gasteiger partial charge is 0.338 e. The van der Waals surface area contributed by atoms with Crippen molar-refractivity contribution < 1.29 is 9.18 Å². The monoisotopic (exact) mass is 229 g/mol. The van der Waals surface area contributed by atoms with Crippen LogP contribution in [-0.4, -0.2) is 29.8 Å². The summed E-state index contributed by atoms with van der Waals surface area (Å²) in [5.74, 6) is -0.271. The van der Waals surface area contributed by atoms with Crippen LogP contribution in [0.2, 0.25) is 0 Å². The molecule has 0 aromatic heterocycles. The molecule has 1 aromatic carbocycles. The van der Waals surface area contributed by atoms with E-state index in [1.54, 1.807) is 13.1 Å². The SMILES string of the molecule is CC(CCl)N(C)C(=O)c1cccc(F)c1. The second kappa shape index (κ2) is 5.12. The van der Waals surface area contributed by atoms with Gasteiger partial charge in [0.05, 0.1) is 0 Å². The van der Waals surface area contributed by atoms with Gasteiger partial charge in [-0.15, -0.1) is 11.6 Å². The number of hydrogen-bond acceptors (Lipinski definition) is 1. The van der Waals surface area contributed by atoms with Gasteiger partial charge in [0.1, 0.15) is 5.82 Å². The highest BCUT2D eigenvalue weighted by molar-refractivity contribution is 6.18. The third-order valence-corrected chi connectivity index (χ3v) is 2.72. The van der Waals surface area contributed by atoms with E-state index in [-0.39, 0.29) is 11.9 Å². The molecule has 0 radical (unpaired) electrons. The molecule has 1 atom stereocenters. The molecular formula is C11H13ClFNO. The van der Waals surface area contributed by atoms with Gasteiger partial charge >= 0.3 is 0 Å². The number of carbonyl (C=O) groups excluding carboxylic acids is 1. The molecule has 0 spiro atoms. The summed E-state index contributed by atoms with van der Waals surface area (Å²) in [6.07, 6.45) is 0.